The van der Waals surface area contributed by atoms with Crippen LogP contribution in [-0.2, 0) is 9.47 Å². The summed E-state index contributed by atoms with van der Waals surface area (Å²) in [6.07, 6.45) is 0.223. The Morgan fingerprint density at radius 3 is 2.71 bits per heavy atom. The van der Waals surface area contributed by atoms with Gasteiger partial charge in [-0.2, -0.15) is 5.26 Å². The number of carbonyl (C=O) groups is 1. The Labute approximate surface area is 122 Å². The summed E-state index contributed by atoms with van der Waals surface area (Å²) in [5.74, 6) is -1.20. The van der Waals surface area contributed by atoms with Crippen LogP contribution in [0.15, 0.2) is 12.1 Å². The van der Waals surface area contributed by atoms with E-state index in [0.29, 0.717) is 19.7 Å². The lowest BCUT2D eigenvalue weighted by molar-refractivity contribution is 0.0602. The van der Waals surface area contributed by atoms with Gasteiger partial charge in [0.15, 0.2) is 0 Å². The molecule has 114 valence electrons. The van der Waals surface area contributed by atoms with Gasteiger partial charge in [0.1, 0.15) is 5.82 Å². The van der Waals surface area contributed by atoms with Crippen molar-refractivity contribution in [2.75, 3.05) is 44.5 Å². The van der Waals surface area contributed by atoms with Crippen molar-refractivity contribution in [3.8, 4) is 6.07 Å². The van der Waals surface area contributed by atoms with E-state index >= 15 is 0 Å². The minimum Gasteiger partial charge on any atom is -0.465 e. The first-order chi connectivity index (χ1) is 10.0. The van der Waals surface area contributed by atoms with Crippen molar-refractivity contribution < 1.29 is 18.7 Å². The van der Waals surface area contributed by atoms with E-state index in [9.17, 15) is 9.18 Å². The molecule has 2 N–H and O–H groups in total. The maximum atomic E-state index is 14.1. The van der Waals surface area contributed by atoms with Crippen molar-refractivity contribution in [3.05, 3.63) is 23.5 Å². The summed E-state index contributed by atoms with van der Waals surface area (Å²) in [7, 11) is 2.75. The molecular weight excluding hydrogens is 277 g/mol. The molecule has 0 aliphatic carbocycles. The Hall–Kier alpha value is -2.33. The maximum Gasteiger partial charge on any atom is 0.340 e. The van der Waals surface area contributed by atoms with E-state index in [1.54, 1.807) is 4.90 Å². The van der Waals surface area contributed by atoms with Gasteiger partial charge in [0, 0.05) is 25.9 Å². The predicted molar refractivity (Wildman–Crippen MR) is 76.5 cm³/mol. The lowest BCUT2D eigenvalue weighted by Gasteiger charge is -2.24. The lowest BCUT2D eigenvalue weighted by atomic mass is 10.1. The molecule has 0 fully saturated rings. The van der Waals surface area contributed by atoms with E-state index in [1.165, 1.54) is 20.3 Å². The highest BCUT2D eigenvalue weighted by Crippen LogP contribution is 2.26. The summed E-state index contributed by atoms with van der Waals surface area (Å²) in [6, 6.07) is 4.42. The van der Waals surface area contributed by atoms with Crippen LogP contribution in [0.5, 0.6) is 0 Å². The number of nitrogens with two attached hydrogens (primary N) is 1. The second-order valence-electron chi connectivity index (χ2n) is 4.27. The minimum absolute atomic E-state index is 0.00933. The molecule has 0 amide bonds. The van der Waals surface area contributed by atoms with Crippen molar-refractivity contribution in [2.24, 2.45) is 0 Å². The Kier molecular flexibility index (Phi) is 6.43. The van der Waals surface area contributed by atoms with Crippen LogP contribution < -0.4 is 10.6 Å². The first-order valence-corrected chi connectivity index (χ1v) is 6.33. The van der Waals surface area contributed by atoms with Crippen molar-refractivity contribution in [3.63, 3.8) is 0 Å². The topological polar surface area (TPSA) is 88.6 Å². The standard InChI is InChI=1S/C14H18FN3O3/c1-20-7-6-18(5-3-4-16)13-8-10(14(19)21-2)12(17)9-11(13)15/h8-9H,3,5-7,17H2,1-2H3. The van der Waals surface area contributed by atoms with Crippen molar-refractivity contribution in [2.45, 2.75) is 6.42 Å². The van der Waals surface area contributed by atoms with Crippen LogP contribution >= 0.6 is 0 Å². The van der Waals surface area contributed by atoms with Gasteiger partial charge in [-0.3, -0.25) is 0 Å². The monoisotopic (exact) mass is 295 g/mol. The summed E-state index contributed by atoms with van der Waals surface area (Å²) in [5.41, 5.74) is 5.92. The normalized spacial score (nSPS) is 10.0. The molecule has 7 heteroatoms. The number of hydrogen-bond donors (Lipinski definition) is 1. The zero-order valence-electron chi connectivity index (χ0n) is 12.1. The van der Waals surface area contributed by atoms with Crippen LogP contribution in [0, 0.1) is 17.1 Å². The molecule has 1 aromatic rings. The number of anilines is 2. The van der Waals surface area contributed by atoms with Crippen molar-refractivity contribution in [1.82, 2.24) is 0 Å². The predicted octanol–water partition coefficient (Wildman–Crippen LogP) is 1.56. The smallest absolute Gasteiger partial charge is 0.340 e. The second kappa shape index (κ2) is 8.07. The van der Waals surface area contributed by atoms with Crippen LogP contribution in [-0.4, -0.2) is 39.9 Å². The van der Waals surface area contributed by atoms with Gasteiger partial charge in [0.25, 0.3) is 0 Å². The number of rotatable bonds is 7. The molecule has 1 aromatic carbocycles. The van der Waals surface area contributed by atoms with Gasteiger partial charge in [-0.05, 0) is 12.1 Å². The zero-order chi connectivity index (χ0) is 15.8. The van der Waals surface area contributed by atoms with Crippen molar-refractivity contribution >= 4 is 17.3 Å². The van der Waals surface area contributed by atoms with Gasteiger partial charge in [0.2, 0.25) is 0 Å². The van der Waals surface area contributed by atoms with Crippen LogP contribution in [0.1, 0.15) is 16.8 Å². The average molecular weight is 295 g/mol. The molecule has 0 aromatic heterocycles. The summed E-state index contributed by atoms with van der Waals surface area (Å²) in [5, 5.41) is 8.69. The van der Waals surface area contributed by atoms with E-state index in [2.05, 4.69) is 4.74 Å². The van der Waals surface area contributed by atoms with Gasteiger partial charge < -0.3 is 20.1 Å². The highest BCUT2D eigenvalue weighted by atomic mass is 19.1. The quantitative estimate of drug-likeness (QED) is 0.606. The van der Waals surface area contributed by atoms with Crippen LogP contribution in [0.25, 0.3) is 0 Å². The van der Waals surface area contributed by atoms with Gasteiger partial charge >= 0.3 is 5.97 Å². The number of esters is 1. The Morgan fingerprint density at radius 2 is 2.14 bits per heavy atom. The Bertz CT molecular complexity index is 543. The fourth-order valence-electron chi connectivity index (χ4n) is 1.85. The SMILES string of the molecule is COCCN(CCC#N)c1cc(C(=O)OC)c(N)cc1F. The van der Waals surface area contributed by atoms with E-state index < -0.39 is 11.8 Å². The number of nitrogens with zero attached hydrogens (tertiary/aromatic N) is 2. The molecule has 0 aliphatic heterocycles. The number of halogens is 1. The lowest BCUT2D eigenvalue weighted by Crippen LogP contribution is -2.29. The minimum atomic E-state index is -0.638. The summed E-state index contributed by atoms with van der Waals surface area (Å²) < 4.78 is 23.7. The molecule has 0 saturated heterocycles. The number of ether oxygens (including phenoxy) is 2. The third-order valence-electron chi connectivity index (χ3n) is 2.92. The Morgan fingerprint density at radius 1 is 1.43 bits per heavy atom. The molecule has 0 unspecified atom stereocenters. The highest BCUT2D eigenvalue weighted by molar-refractivity contribution is 5.96. The molecule has 0 aliphatic rings. The van der Waals surface area contributed by atoms with Crippen LogP contribution in [0.4, 0.5) is 15.8 Å². The zero-order valence-corrected chi connectivity index (χ0v) is 12.1. The maximum absolute atomic E-state index is 14.1. The van der Waals surface area contributed by atoms with Crippen LogP contribution in [0.2, 0.25) is 0 Å². The molecule has 6 nitrogen and oxygen atoms in total. The summed E-state index contributed by atoms with van der Waals surface area (Å²) in [4.78, 5) is 13.3. The highest BCUT2D eigenvalue weighted by Gasteiger charge is 2.18. The number of nitriles is 1. The first kappa shape index (κ1) is 16.7. The molecule has 1 rings (SSSR count). The second-order valence-corrected chi connectivity index (χ2v) is 4.27. The number of benzene rings is 1. The Balaban J connectivity index is 3.16. The number of methoxy groups -OCH3 is 2. The van der Waals surface area contributed by atoms with E-state index in [-0.39, 0.29) is 23.4 Å². The fourth-order valence-corrected chi connectivity index (χ4v) is 1.85. The largest absolute Gasteiger partial charge is 0.465 e. The molecular formula is C14H18FN3O3. The first-order valence-electron chi connectivity index (χ1n) is 6.33. The molecule has 0 atom stereocenters. The van der Waals surface area contributed by atoms with E-state index in [1.807, 2.05) is 6.07 Å². The summed E-state index contributed by atoms with van der Waals surface area (Å²) in [6.45, 7) is 1.07. The van der Waals surface area contributed by atoms with Crippen LogP contribution in [0.3, 0.4) is 0 Å². The third-order valence-corrected chi connectivity index (χ3v) is 2.92. The number of carbonyl (C=O) groups excluding carboxylic acids is 1. The third kappa shape index (κ3) is 4.33. The molecule has 0 spiro atoms. The molecule has 21 heavy (non-hydrogen) atoms. The number of nitrogen functional groups attached to an aromatic ring is 1. The van der Waals surface area contributed by atoms with E-state index in [0.717, 1.165) is 6.07 Å². The summed E-state index contributed by atoms with van der Waals surface area (Å²) >= 11 is 0. The molecule has 0 bridgehead atoms. The molecule has 0 saturated carbocycles. The fraction of sp³-hybridized carbons (Fsp3) is 0.429. The van der Waals surface area contributed by atoms with Gasteiger partial charge in [-0.25, -0.2) is 9.18 Å². The van der Waals surface area contributed by atoms with Crippen molar-refractivity contribution in [1.29, 1.82) is 5.26 Å². The van der Waals surface area contributed by atoms with Gasteiger partial charge in [0.05, 0.1) is 37.5 Å². The van der Waals surface area contributed by atoms with Gasteiger partial charge in [-0.1, -0.05) is 0 Å². The number of hydrogen-bond acceptors (Lipinski definition) is 6. The van der Waals surface area contributed by atoms with E-state index in [4.69, 9.17) is 15.7 Å². The van der Waals surface area contributed by atoms with Gasteiger partial charge in [-0.15, -0.1) is 0 Å². The average Bonchev–Trinajstić information content (AvgIpc) is 2.47. The molecule has 0 heterocycles. The molecule has 0 radical (unpaired) electrons.